The van der Waals surface area contributed by atoms with E-state index in [0.29, 0.717) is 11.8 Å². The molecule has 5 nitrogen and oxygen atoms in total. The summed E-state index contributed by atoms with van der Waals surface area (Å²) in [6.45, 7) is 6.74. The largest absolute Gasteiger partial charge is 0.381 e. The fourth-order valence-corrected chi connectivity index (χ4v) is 2.91. The van der Waals surface area contributed by atoms with Crippen molar-refractivity contribution in [1.82, 2.24) is 14.3 Å². The van der Waals surface area contributed by atoms with Crippen LogP contribution in [0.1, 0.15) is 25.8 Å². The zero-order valence-corrected chi connectivity index (χ0v) is 13.2. The molecule has 118 valence electrons. The molecule has 0 bridgehead atoms. The fraction of sp³-hybridized carbons (Fsp3) is 0.529. The number of pyridine rings is 1. The van der Waals surface area contributed by atoms with E-state index in [4.69, 9.17) is 4.74 Å². The number of ether oxygens (including phenoxy) is 1. The molecule has 0 saturated carbocycles. The number of rotatable bonds is 5. The summed E-state index contributed by atoms with van der Waals surface area (Å²) in [5.74, 6) is 0.991. The van der Waals surface area contributed by atoms with Crippen molar-refractivity contribution in [2.24, 2.45) is 11.8 Å². The van der Waals surface area contributed by atoms with Crippen molar-refractivity contribution < 1.29 is 4.74 Å². The topological polar surface area (TPSA) is 49.0 Å². The van der Waals surface area contributed by atoms with Crippen LogP contribution in [0.2, 0.25) is 0 Å². The molecular formula is C17H23N3O2. The Morgan fingerprint density at radius 1 is 1.45 bits per heavy atom. The molecule has 22 heavy (non-hydrogen) atoms. The molecule has 1 fully saturated rings. The van der Waals surface area contributed by atoms with E-state index in [1.807, 2.05) is 29.2 Å². The van der Waals surface area contributed by atoms with E-state index in [1.54, 1.807) is 10.8 Å². The van der Waals surface area contributed by atoms with E-state index < -0.39 is 0 Å². The summed E-state index contributed by atoms with van der Waals surface area (Å²) in [4.78, 5) is 12.6. The predicted octanol–water partition coefficient (Wildman–Crippen LogP) is 2.27. The van der Waals surface area contributed by atoms with Crippen molar-refractivity contribution in [3.8, 4) is 5.69 Å². The lowest BCUT2D eigenvalue weighted by molar-refractivity contribution is 0.181. The quantitative estimate of drug-likeness (QED) is 0.851. The normalized spacial score (nSPS) is 18.2. The van der Waals surface area contributed by atoms with Crippen molar-refractivity contribution in [3.05, 3.63) is 46.6 Å². The van der Waals surface area contributed by atoms with Crippen LogP contribution >= 0.6 is 0 Å². The third-order valence-electron chi connectivity index (χ3n) is 4.02. The predicted molar refractivity (Wildman–Crippen MR) is 85.3 cm³/mol. The van der Waals surface area contributed by atoms with E-state index in [2.05, 4.69) is 18.9 Å². The lowest BCUT2D eigenvalue weighted by Gasteiger charge is -2.08. The van der Waals surface area contributed by atoms with E-state index in [-0.39, 0.29) is 5.56 Å². The van der Waals surface area contributed by atoms with Crippen LogP contribution in [-0.2, 0) is 17.7 Å². The molecule has 0 radical (unpaired) electrons. The Kier molecular flexibility index (Phi) is 4.43. The Bertz CT molecular complexity index is 681. The Balaban J connectivity index is 1.82. The van der Waals surface area contributed by atoms with Crippen LogP contribution in [0.5, 0.6) is 0 Å². The van der Waals surface area contributed by atoms with Gasteiger partial charge in [-0.15, -0.1) is 0 Å². The monoisotopic (exact) mass is 301 g/mol. The van der Waals surface area contributed by atoms with E-state index in [1.165, 1.54) is 0 Å². The van der Waals surface area contributed by atoms with Gasteiger partial charge in [-0.2, -0.15) is 5.10 Å². The van der Waals surface area contributed by atoms with Crippen LogP contribution in [0.3, 0.4) is 0 Å². The molecular weight excluding hydrogens is 278 g/mol. The molecule has 1 atom stereocenters. The second-order valence-electron chi connectivity index (χ2n) is 6.46. The van der Waals surface area contributed by atoms with Crippen LogP contribution in [0.4, 0.5) is 0 Å². The lowest BCUT2D eigenvalue weighted by atomic mass is 10.0. The van der Waals surface area contributed by atoms with Gasteiger partial charge >= 0.3 is 0 Å². The molecule has 2 aromatic rings. The molecule has 3 heterocycles. The summed E-state index contributed by atoms with van der Waals surface area (Å²) in [5, 5.41) is 4.39. The molecule has 0 N–H and O–H groups in total. The minimum absolute atomic E-state index is 0.0555. The number of nitrogens with zero attached hydrogens (tertiary/aromatic N) is 3. The minimum atomic E-state index is 0.0555. The zero-order chi connectivity index (χ0) is 15.5. The summed E-state index contributed by atoms with van der Waals surface area (Å²) in [6, 6.07) is 3.85. The van der Waals surface area contributed by atoms with Crippen LogP contribution < -0.4 is 5.56 Å². The molecule has 0 spiro atoms. The van der Waals surface area contributed by atoms with Gasteiger partial charge < -0.3 is 4.74 Å². The maximum Gasteiger partial charge on any atom is 0.258 e. The van der Waals surface area contributed by atoms with Crippen molar-refractivity contribution in [3.63, 3.8) is 0 Å². The highest BCUT2D eigenvalue weighted by Crippen LogP contribution is 2.15. The van der Waals surface area contributed by atoms with E-state index in [9.17, 15) is 4.79 Å². The molecule has 0 aliphatic carbocycles. The van der Waals surface area contributed by atoms with E-state index in [0.717, 1.165) is 43.9 Å². The van der Waals surface area contributed by atoms with Gasteiger partial charge in [-0.05, 0) is 24.8 Å². The second kappa shape index (κ2) is 6.48. The Morgan fingerprint density at radius 3 is 3.05 bits per heavy atom. The highest BCUT2D eigenvalue weighted by molar-refractivity contribution is 5.28. The van der Waals surface area contributed by atoms with Crippen molar-refractivity contribution in [2.75, 3.05) is 13.2 Å². The first kappa shape index (κ1) is 15.0. The van der Waals surface area contributed by atoms with Gasteiger partial charge in [0.25, 0.3) is 5.56 Å². The summed E-state index contributed by atoms with van der Waals surface area (Å²) < 4.78 is 9.00. The van der Waals surface area contributed by atoms with Crippen molar-refractivity contribution in [2.45, 2.75) is 33.2 Å². The molecule has 0 aromatic carbocycles. The van der Waals surface area contributed by atoms with Crippen LogP contribution in [0.25, 0.3) is 5.69 Å². The molecule has 1 aliphatic rings. The molecule has 5 heteroatoms. The first-order valence-electron chi connectivity index (χ1n) is 7.94. The smallest absolute Gasteiger partial charge is 0.258 e. The van der Waals surface area contributed by atoms with Gasteiger partial charge in [0, 0.05) is 37.0 Å². The van der Waals surface area contributed by atoms with Crippen LogP contribution in [0, 0.1) is 11.8 Å². The second-order valence-corrected chi connectivity index (χ2v) is 6.46. The van der Waals surface area contributed by atoms with Crippen LogP contribution in [-0.4, -0.2) is 27.6 Å². The summed E-state index contributed by atoms with van der Waals surface area (Å²) in [7, 11) is 0. The van der Waals surface area contributed by atoms with Gasteiger partial charge in [0.1, 0.15) is 0 Å². The zero-order valence-electron chi connectivity index (χ0n) is 13.2. The first-order chi connectivity index (χ1) is 10.6. The molecule has 0 amide bonds. The van der Waals surface area contributed by atoms with Gasteiger partial charge in [-0.3, -0.25) is 14.0 Å². The summed E-state index contributed by atoms with van der Waals surface area (Å²) >= 11 is 0. The molecule has 1 unspecified atom stereocenters. The SMILES string of the molecule is CC(C)Cc1cccn(-c2cnn(CC3CCOC3)c2)c1=O. The highest BCUT2D eigenvalue weighted by Gasteiger charge is 2.17. The summed E-state index contributed by atoms with van der Waals surface area (Å²) in [6.07, 6.45) is 7.40. The van der Waals surface area contributed by atoms with Crippen LogP contribution in [0.15, 0.2) is 35.5 Å². The lowest BCUT2D eigenvalue weighted by Crippen LogP contribution is -2.22. The maximum atomic E-state index is 12.6. The Labute approximate surface area is 130 Å². The van der Waals surface area contributed by atoms with Gasteiger partial charge in [0.05, 0.1) is 18.5 Å². The Morgan fingerprint density at radius 2 is 2.32 bits per heavy atom. The number of aromatic nitrogens is 3. The average Bonchev–Trinajstić information content (AvgIpc) is 3.13. The van der Waals surface area contributed by atoms with Gasteiger partial charge in [-0.1, -0.05) is 19.9 Å². The first-order valence-corrected chi connectivity index (χ1v) is 7.94. The number of hydrogen-bond acceptors (Lipinski definition) is 3. The molecule has 2 aromatic heterocycles. The third-order valence-corrected chi connectivity index (χ3v) is 4.02. The summed E-state index contributed by atoms with van der Waals surface area (Å²) in [5.41, 5.74) is 1.74. The Hall–Kier alpha value is -1.88. The van der Waals surface area contributed by atoms with Gasteiger partial charge in [-0.25, -0.2) is 0 Å². The molecule has 1 saturated heterocycles. The van der Waals surface area contributed by atoms with E-state index >= 15 is 0 Å². The molecule has 1 aliphatic heterocycles. The standard InChI is InChI=1S/C17H23N3O2/c1-13(2)8-15-4-3-6-20(17(15)21)16-9-18-19(11-16)10-14-5-7-22-12-14/h3-4,6,9,11,13-14H,5,7-8,10,12H2,1-2H3. The molecule has 3 rings (SSSR count). The highest BCUT2D eigenvalue weighted by atomic mass is 16.5. The fourth-order valence-electron chi connectivity index (χ4n) is 2.91. The van der Waals surface area contributed by atoms with Gasteiger partial charge in [0.15, 0.2) is 0 Å². The van der Waals surface area contributed by atoms with Crippen molar-refractivity contribution >= 4 is 0 Å². The average molecular weight is 301 g/mol. The minimum Gasteiger partial charge on any atom is -0.381 e. The van der Waals surface area contributed by atoms with Crippen molar-refractivity contribution in [1.29, 1.82) is 0 Å². The van der Waals surface area contributed by atoms with Gasteiger partial charge in [0.2, 0.25) is 0 Å². The maximum absolute atomic E-state index is 12.6. The third kappa shape index (κ3) is 3.30. The number of hydrogen-bond donors (Lipinski definition) is 0.